The lowest BCUT2D eigenvalue weighted by atomic mass is 9.83. The highest BCUT2D eigenvalue weighted by Crippen LogP contribution is 2.31. The maximum atomic E-state index is 12.8. The Labute approximate surface area is 193 Å². The largest absolute Gasteiger partial charge is 0.397 e. The summed E-state index contributed by atoms with van der Waals surface area (Å²) in [5.74, 6) is 0.705. The number of pyridine rings is 1. The number of nitrogens with zero attached hydrogens (tertiary/aromatic N) is 2. The number of nitrogens with two attached hydrogens (primary N) is 1. The van der Waals surface area contributed by atoms with Crippen LogP contribution in [0.1, 0.15) is 43.0 Å². The molecule has 0 unspecified atom stereocenters. The van der Waals surface area contributed by atoms with Gasteiger partial charge in [-0.2, -0.15) is 0 Å². The number of nitrogens with one attached hydrogen (secondary N) is 2. The van der Waals surface area contributed by atoms with Crippen molar-refractivity contribution in [3.63, 3.8) is 0 Å². The van der Waals surface area contributed by atoms with Gasteiger partial charge < -0.3 is 21.3 Å². The number of carbonyl (C=O) groups excluding carboxylic acids is 1. The van der Waals surface area contributed by atoms with E-state index in [1.165, 1.54) is 12.8 Å². The molecule has 1 saturated heterocycles. The Morgan fingerprint density at radius 3 is 2.66 bits per heavy atom. The van der Waals surface area contributed by atoms with E-state index in [-0.39, 0.29) is 11.4 Å². The van der Waals surface area contributed by atoms with E-state index in [1.54, 1.807) is 17.5 Å². The van der Waals surface area contributed by atoms with Crippen molar-refractivity contribution in [3.05, 3.63) is 59.6 Å². The first-order valence-corrected chi connectivity index (χ1v) is 12.1. The number of piperidine rings is 1. The van der Waals surface area contributed by atoms with Crippen LogP contribution >= 0.6 is 11.3 Å². The first-order chi connectivity index (χ1) is 15.5. The number of aromatic nitrogens is 1. The quantitative estimate of drug-likeness (QED) is 0.442. The molecule has 168 valence electrons. The number of amides is 1. The number of nitrogen functional groups attached to an aromatic ring is 1. The molecule has 0 bridgehead atoms. The molecule has 7 heteroatoms. The van der Waals surface area contributed by atoms with Crippen LogP contribution in [0.2, 0.25) is 0 Å². The van der Waals surface area contributed by atoms with Crippen LogP contribution in [0.15, 0.2) is 54.0 Å². The van der Waals surface area contributed by atoms with Crippen molar-refractivity contribution in [1.82, 2.24) is 10.3 Å². The summed E-state index contributed by atoms with van der Waals surface area (Å²) < 4.78 is 0. The zero-order valence-electron chi connectivity index (χ0n) is 18.7. The topological polar surface area (TPSA) is 83.3 Å². The normalized spacial score (nSPS) is 15.5. The molecular weight excluding hydrogens is 418 g/mol. The van der Waals surface area contributed by atoms with Gasteiger partial charge in [-0.1, -0.05) is 25.5 Å². The summed E-state index contributed by atoms with van der Waals surface area (Å²) in [6, 6.07) is 13.5. The van der Waals surface area contributed by atoms with E-state index >= 15 is 0 Å². The third-order valence-corrected chi connectivity index (χ3v) is 7.34. The van der Waals surface area contributed by atoms with Gasteiger partial charge in [0.2, 0.25) is 0 Å². The third kappa shape index (κ3) is 4.79. The number of hydrogen-bond donors (Lipinski definition) is 3. The Morgan fingerprint density at radius 1 is 1.22 bits per heavy atom. The van der Waals surface area contributed by atoms with Crippen LogP contribution < -0.4 is 21.3 Å². The zero-order chi connectivity index (χ0) is 22.6. The molecule has 1 amide bonds. The van der Waals surface area contributed by atoms with E-state index in [0.29, 0.717) is 16.9 Å². The van der Waals surface area contributed by atoms with Crippen LogP contribution in [0, 0.1) is 0 Å². The predicted molar refractivity (Wildman–Crippen MR) is 135 cm³/mol. The Hall–Kier alpha value is -2.90. The molecule has 32 heavy (non-hydrogen) atoms. The highest BCUT2D eigenvalue weighted by Gasteiger charge is 2.32. The summed E-state index contributed by atoms with van der Waals surface area (Å²) in [4.78, 5) is 20.8. The molecule has 6 nitrogen and oxygen atoms in total. The van der Waals surface area contributed by atoms with Crippen molar-refractivity contribution < 1.29 is 4.79 Å². The molecule has 3 heterocycles. The molecule has 1 aliphatic heterocycles. The van der Waals surface area contributed by atoms with Gasteiger partial charge in [0.1, 0.15) is 5.82 Å². The summed E-state index contributed by atoms with van der Waals surface area (Å²) in [7, 11) is 2.07. The maximum Gasteiger partial charge on any atom is 0.257 e. The second kappa shape index (κ2) is 9.71. The second-order valence-corrected chi connectivity index (χ2v) is 9.35. The molecule has 2 aromatic heterocycles. The summed E-state index contributed by atoms with van der Waals surface area (Å²) >= 11 is 1.65. The minimum atomic E-state index is -0.213. The van der Waals surface area contributed by atoms with Gasteiger partial charge in [0.25, 0.3) is 5.91 Å². The average Bonchev–Trinajstić information content (AvgIpc) is 3.36. The minimum absolute atomic E-state index is 0.213. The van der Waals surface area contributed by atoms with Gasteiger partial charge in [0.15, 0.2) is 0 Å². The van der Waals surface area contributed by atoms with E-state index in [1.807, 2.05) is 47.8 Å². The van der Waals surface area contributed by atoms with Crippen LogP contribution in [0.5, 0.6) is 0 Å². The Morgan fingerprint density at radius 2 is 2.03 bits per heavy atom. The number of benzene rings is 1. The first kappa shape index (κ1) is 22.3. The lowest BCUT2D eigenvalue weighted by Crippen LogP contribution is -2.52. The number of thiophene rings is 1. The van der Waals surface area contributed by atoms with Gasteiger partial charge in [-0.3, -0.25) is 4.79 Å². The van der Waals surface area contributed by atoms with Gasteiger partial charge in [-0.25, -0.2) is 4.98 Å². The van der Waals surface area contributed by atoms with Crippen molar-refractivity contribution in [3.8, 4) is 10.4 Å². The second-order valence-electron chi connectivity index (χ2n) is 8.41. The van der Waals surface area contributed by atoms with Crippen LogP contribution in [-0.4, -0.2) is 36.6 Å². The van der Waals surface area contributed by atoms with Gasteiger partial charge in [-0.15, -0.1) is 11.3 Å². The number of carbonyl (C=O) groups is 1. The summed E-state index contributed by atoms with van der Waals surface area (Å²) in [5.41, 5.74) is 9.04. The van der Waals surface area contributed by atoms with Gasteiger partial charge in [-0.05, 0) is 67.6 Å². The maximum absolute atomic E-state index is 12.8. The van der Waals surface area contributed by atoms with E-state index in [9.17, 15) is 4.79 Å². The number of anilines is 3. The molecule has 3 aromatic rings. The average molecular weight is 450 g/mol. The number of rotatable bonds is 7. The molecule has 1 aromatic carbocycles. The van der Waals surface area contributed by atoms with Crippen molar-refractivity contribution >= 4 is 34.4 Å². The number of hydrogen-bond acceptors (Lipinski definition) is 6. The van der Waals surface area contributed by atoms with Crippen LogP contribution in [0.4, 0.5) is 17.2 Å². The molecule has 4 N–H and O–H groups in total. The van der Waals surface area contributed by atoms with E-state index in [2.05, 4.69) is 34.5 Å². The fourth-order valence-corrected chi connectivity index (χ4v) is 5.15. The smallest absolute Gasteiger partial charge is 0.257 e. The van der Waals surface area contributed by atoms with Crippen molar-refractivity contribution in [2.75, 3.05) is 36.1 Å². The molecule has 0 atom stereocenters. The molecule has 4 rings (SSSR count). The highest BCUT2D eigenvalue weighted by molar-refractivity contribution is 7.13. The summed E-state index contributed by atoms with van der Waals surface area (Å²) in [5, 5.41) is 8.51. The first-order valence-electron chi connectivity index (χ1n) is 11.2. The van der Waals surface area contributed by atoms with E-state index in [4.69, 9.17) is 5.73 Å². The summed E-state index contributed by atoms with van der Waals surface area (Å²) in [6.45, 7) is 4.17. The third-order valence-electron chi connectivity index (χ3n) is 6.42. The predicted octanol–water partition coefficient (Wildman–Crippen LogP) is 5.00. The van der Waals surface area contributed by atoms with Crippen molar-refractivity contribution in [2.24, 2.45) is 0 Å². The molecule has 0 saturated carbocycles. The fourth-order valence-electron chi connectivity index (χ4n) is 4.43. The van der Waals surface area contributed by atoms with Crippen LogP contribution in [-0.2, 0) is 0 Å². The standard InChI is InChI=1S/C25H31N5OS/c1-3-10-25(27-2)11-13-30(14-12-25)23-9-7-19(17-28-23)24(31)29-21-16-18(6-8-20(21)26)22-5-4-15-32-22/h4-9,15-17,27H,3,10-14,26H2,1-2H3,(H,29,31). The minimum Gasteiger partial charge on any atom is -0.397 e. The molecule has 1 aliphatic rings. The Bertz CT molecular complexity index is 1040. The Balaban J connectivity index is 1.42. The van der Waals surface area contributed by atoms with Gasteiger partial charge in [0.05, 0.1) is 16.9 Å². The lowest BCUT2D eigenvalue weighted by molar-refractivity contribution is 0.102. The van der Waals surface area contributed by atoms with E-state index in [0.717, 1.165) is 42.2 Å². The highest BCUT2D eigenvalue weighted by atomic mass is 32.1. The van der Waals surface area contributed by atoms with Gasteiger partial charge >= 0.3 is 0 Å². The van der Waals surface area contributed by atoms with Crippen LogP contribution in [0.25, 0.3) is 10.4 Å². The molecule has 0 aliphatic carbocycles. The SMILES string of the molecule is CCCC1(NC)CCN(c2ccc(C(=O)Nc3cc(-c4cccs4)ccc3N)cn2)CC1. The fraction of sp³-hybridized carbons (Fsp3) is 0.360. The van der Waals surface area contributed by atoms with Gasteiger partial charge in [0, 0.05) is 29.7 Å². The van der Waals surface area contributed by atoms with Crippen molar-refractivity contribution in [1.29, 1.82) is 0 Å². The Kier molecular flexibility index (Phi) is 6.77. The molecule has 1 fully saturated rings. The zero-order valence-corrected chi connectivity index (χ0v) is 19.5. The lowest BCUT2D eigenvalue weighted by Gasteiger charge is -2.42. The molecule has 0 radical (unpaired) electrons. The summed E-state index contributed by atoms with van der Waals surface area (Å²) in [6.07, 6.45) is 6.22. The molecule has 0 spiro atoms. The van der Waals surface area contributed by atoms with Crippen LogP contribution in [0.3, 0.4) is 0 Å². The van der Waals surface area contributed by atoms with E-state index < -0.39 is 0 Å². The molecular formula is C25H31N5OS. The van der Waals surface area contributed by atoms with Crippen molar-refractivity contribution in [2.45, 2.75) is 38.1 Å². The monoisotopic (exact) mass is 449 g/mol.